The maximum absolute atomic E-state index is 12.3. The Bertz CT molecular complexity index is 1160. The number of para-hydroxylation sites is 1. The van der Waals surface area contributed by atoms with Crippen LogP contribution in [0.4, 0.5) is 5.69 Å². The number of carbonyl (C=O) groups is 3. The van der Waals surface area contributed by atoms with Crippen molar-refractivity contribution in [3.05, 3.63) is 63.3 Å². The molecule has 8 heteroatoms. The normalized spacial score (nSPS) is 13.3. The zero-order valence-corrected chi connectivity index (χ0v) is 15.2. The maximum Gasteiger partial charge on any atom is 0.308 e. The predicted molar refractivity (Wildman–Crippen MR) is 102 cm³/mol. The molecule has 0 unspecified atom stereocenters. The Morgan fingerprint density at radius 3 is 2.59 bits per heavy atom. The summed E-state index contributed by atoms with van der Waals surface area (Å²) in [5, 5.41) is 2.72. The minimum atomic E-state index is -0.387. The van der Waals surface area contributed by atoms with Crippen LogP contribution in [0.25, 0.3) is 10.2 Å². The average Bonchev–Trinajstić information content (AvgIpc) is 3.09. The Kier molecular flexibility index (Phi) is 4.12. The molecule has 3 amide bonds. The van der Waals surface area contributed by atoms with E-state index in [0.717, 1.165) is 26.5 Å². The highest BCUT2D eigenvalue weighted by molar-refractivity contribution is 7.16. The molecule has 0 fully saturated rings. The van der Waals surface area contributed by atoms with Crippen molar-refractivity contribution in [1.29, 1.82) is 0 Å². The van der Waals surface area contributed by atoms with Gasteiger partial charge in [-0.15, -0.1) is 0 Å². The highest BCUT2D eigenvalue weighted by Gasteiger charge is 2.32. The van der Waals surface area contributed by atoms with Crippen LogP contribution in [0.15, 0.2) is 47.3 Å². The second-order valence-corrected chi connectivity index (χ2v) is 7.21. The Morgan fingerprint density at radius 1 is 1.04 bits per heavy atom. The topological polar surface area (TPSA) is 88.5 Å². The Labute approximate surface area is 157 Å². The molecule has 1 aliphatic heterocycles. The van der Waals surface area contributed by atoms with Crippen LogP contribution < -0.4 is 10.2 Å². The van der Waals surface area contributed by atoms with Crippen LogP contribution in [0.5, 0.6) is 0 Å². The number of rotatable bonds is 4. The second kappa shape index (κ2) is 6.48. The molecule has 2 heterocycles. The molecule has 0 aliphatic carbocycles. The molecule has 27 heavy (non-hydrogen) atoms. The lowest BCUT2D eigenvalue weighted by atomic mass is 10.1. The van der Waals surface area contributed by atoms with E-state index in [9.17, 15) is 19.2 Å². The van der Waals surface area contributed by atoms with Gasteiger partial charge < -0.3 is 5.32 Å². The van der Waals surface area contributed by atoms with Crippen molar-refractivity contribution in [2.24, 2.45) is 0 Å². The van der Waals surface area contributed by atoms with Crippen LogP contribution in [0, 0.1) is 0 Å². The molecular weight excluding hydrogens is 366 g/mol. The molecule has 0 saturated heterocycles. The van der Waals surface area contributed by atoms with E-state index < -0.39 is 0 Å². The molecule has 0 saturated carbocycles. The molecule has 7 nitrogen and oxygen atoms in total. The number of nitrogens with zero attached hydrogens (tertiary/aromatic N) is 2. The van der Waals surface area contributed by atoms with E-state index in [4.69, 9.17) is 0 Å². The molecule has 0 bridgehead atoms. The molecule has 0 radical (unpaired) electrons. The number of amides is 3. The Morgan fingerprint density at radius 2 is 1.78 bits per heavy atom. The number of nitrogens with one attached hydrogen (secondary N) is 1. The van der Waals surface area contributed by atoms with Crippen molar-refractivity contribution in [1.82, 2.24) is 9.47 Å². The summed E-state index contributed by atoms with van der Waals surface area (Å²) < 4.78 is 2.47. The first-order chi connectivity index (χ1) is 13.0. The fourth-order valence-corrected chi connectivity index (χ4v) is 4.02. The molecule has 0 atom stereocenters. The fourth-order valence-electron chi connectivity index (χ4n) is 3.10. The third-order valence-electron chi connectivity index (χ3n) is 4.51. The van der Waals surface area contributed by atoms with Crippen LogP contribution in [0.1, 0.15) is 27.1 Å². The minimum absolute atomic E-state index is 0.103. The first kappa shape index (κ1) is 17.2. The summed E-state index contributed by atoms with van der Waals surface area (Å²) in [6, 6.07) is 12.1. The maximum atomic E-state index is 12.3. The highest BCUT2D eigenvalue weighted by Crippen LogP contribution is 2.25. The summed E-state index contributed by atoms with van der Waals surface area (Å²) >= 11 is 1.15. The number of carbonyl (C=O) groups excluding carboxylic acids is 3. The van der Waals surface area contributed by atoms with E-state index in [2.05, 4.69) is 5.32 Å². The smallest absolute Gasteiger partial charge is 0.308 e. The minimum Gasteiger partial charge on any atom is -0.326 e. The molecule has 1 aromatic heterocycles. The first-order valence-electron chi connectivity index (χ1n) is 8.30. The summed E-state index contributed by atoms with van der Waals surface area (Å²) in [6.45, 7) is 0.264. The molecule has 0 spiro atoms. The molecular formula is C19H15N3O4S. The molecule has 1 N–H and O–H groups in total. The van der Waals surface area contributed by atoms with Crippen molar-refractivity contribution in [3.63, 3.8) is 0 Å². The van der Waals surface area contributed by atoms with Crippen LogP contribution >= 0.6 is 11.3 Å². The van der Waals surface area contributed by atoms with Gasteiger partial charge in [-0.1, -0.05) is 23.5 Å². The number of aromatic nitrogens is 1. The summed E-state index contributed by atoms with van der Waals surface area (Å²) in [7, 11) is 1.42. The predicted octanol–water partition coefficient (Wildman–Crippen LogP) is 2.32. The molecule has 2 aromatic carbocycles. The van der Waals surface area contributed by atoms with E-state index in [1.54, 1.807) is 10.6 Å². The van der Waals surface area contributed by atoms with Crippen molar-refractivity contribution in [3.8, 4) is 0 Å². The average molecular weight is 381 g/mol. The summed E-state index contributed by atoms with van der Waals surface area (Å²) in [5.74, 6) is -1.01. The third-order valence-corrected chi connectivity index (χ3v) is 5.47. The number of benzene rings is 2. The van der Waals surface area contributed by atoms with Gasteiger partial charge in [-0.3, -0.25) is 28.6 Å². The third kappa shape index (κ3) is 2.93. The van der Waals surface area contributed by atoms with Crippen LogP contribution in [-0.2, 0) is 11.3 Å². The van der Waals surface area contributed by atoms with Gasteiger partial charge in [0.2, 0.25) is 5.91 Å². The monoisotopic (exact) mass is 381 g/mol. The number of hydrogen-bond acceptors (Lipinski definition) is 5. The molecule has 3 aromatic rings. The largest absolute Gasteiger partial charge is 0.326 e. The van der Waals surface area contributed by atoms with Crippen LogP contribution in [-0.4, -0.2) is 34.2 Å². The first-order valence-corrected chi connectivity index (χ1v) is 9.12. The zero-order valence-electron chi connectivity index (χ0n) is 14.4. The van der Waals surface area contributed by atoms with Gasteiger partial charge in [0.05, 0.1) is 21.3 Å². The molecule has 4 rings (SSSR count). The van der Waals surface area contributed by atoms with Gasteiger partial charge in [0, 0.05) is 25.7 Å². The Balaban J connectivity index is 1.48. The summed E-state index contributed by atoms with van der Waals surface area (Å²) in [5.41, 5.74) is 1.86. The van der Waals surface area contributed by atoms with Gasteiger partial charge in [-0.05, 0) is 30.3 Å². The summed E-state index contributed by atoms with van der Waals surface area (Å²) in [4.78, 5) is 49.3. The lowest BCUT2D eigenvalue weighted by Gasteiger charge is -2.07. The lowest BCUT2D eigenvalue weighted by Crippen LogP contribution is -2.24. The Hall–Kier alpha value is -3.26. The van der Waals surface area contributed by atoms with E-state index in [0.29, 0.717) is 11.3 Å². The van der Waals surface area contributed by atoms with Crippen molar-refractivity contribution in [2.75, 3.05) is 12.4 Å². The standard InChI is InChI=1S/C19H15N3O4S/c1-21-17(24)12-7-6-11(10-13(12)18(21)25)20-16(23)8-9-22-14-4-2-3-5-15(14)27-19(22)26/h2-7,10H,8-9H2,1H3,(H,20,23). The number of fused-ring (bicyclic) bond motifs is 2. The van der Waals surface area contributed by atoms with E-state index in [1.807, 2.05) is 24.3 Å². The SMILES string of the molecule is CN1C(=O)c2ccc(NC(=O)CCn3c(=O)sc4ccccc43)cc2C1=O. The van der Waals surface area contributed by atoms with Crippen molar-refractivity contribution < 1.29 is 14.4 Å². The number of anilines is 1. The van der Waals surface area contributed by atoms with Crippen LogP contribution in [0.2, 0.25) is 0 Å². The highest BCUT2D eigenvalue weighted by atomic mass is 32.1. The van der Waals surface area contributed by atoms with E-state index in [1.165, 1.54) is 19.2 Å². The zero-order chi connectivity index (χ0) is 19.1. The van der Waals surface area contributed by atoms with E-state index >= 15 is 0 Å². The number of thiazole rings is 1. The second-order valence-electron chi connectivity index (χ2n) is 6.22. The molecule has 1 aliphatic rings. The van der Waals surface area contributed by atoms with Crippen LogP contribution in [0.3, 0.4) is 0 Å². The summed E-state index contributed by atoms with van der Waals surface area (Å²) in [6.07, 6.45) is 0.116. The van der Waals surface area contributed by atoms with E-state index in [-0.39, 0.29) is 41.1 Å². The number of hydrogen-bond donors (Lipinski definition) is 1. The van der Waals surface area contributed by atoms with Crippen molar-refractivity contribution in [2.45, 2.75) is 13.0 Å². The van der Waals surface area contributed by atoms with Crippen molar-refractivity contribution >= 4 is 45.0 Å². The van der Waals surface area contributed by atoms with Gasteiger partial charge in [-0.2, -0.15) is 0 Å². The van der Waals surface area contributed by atoms with Gasteiger partial charge in [0.15, 0.2) is 0 Å². The van der Waals surface area contributed by atoms with Gasteiger partial charge >= 0.3 is 4.87 Å². The lowest BCUT2D eigenvalue weighted by molar-refractivity contribution is -0.116. The van der Waals surface area contributed by atoms with Gasteiger partial charge in [0.1, 0.15) is 0 Å². The fraction of sp³-hybridized carbons (Fsp3) is 0.158. The van der Waals surface area contributed by atoms with Gasteiger partial charge in [-0.25, -0.2) is 0 Å². The number of aryl methyl sites for hydroxylation is 1. The quantitative estimate of drug-likeness (QED) is 0.703. The molecule has 136 valence electrons. The van der Waals surface area contributed by atoms with Gasteiger partial charge in [0.25, 0.3) is 11.8 Å². The number of imide groups is 1.